The quantitative estimate of drug-likeness (QED) is 0.570. The van der Waals surface area contributed by atoms with E-state index in [1.807, 2.05) is 12.1 Å². The van der Waals surface area contributed by atoms with Crippen LogP contribution in [0.25, 0.3) is 0 Å². The van der Waals surface area contributed by atoms with Gasteiger partial charge in [-0.15, -0.1) is 0 Å². The molecular formula is C12H15ClSe. The number of benzene rings is 1. The van der Waals surface area contributed by atoms with Crippen molar-refractivity contribution in [3.05, 3.63) is 40.3 Å². The van der Waals surface area contributed by atoms with Gasteiger partial charge >= 0.3 is 97.5 Å². The van der Waals surface area contributed by atoms with Gasteiger partial charge in [-0.2, -0.15) is 0 Å². The minimum atomic E-state index is 0.471. The van der Waals surface area contributed by atoms with Crippen molar-refractivity contribution in [1.29, 1.82) is 0 Å². The van der Waals surface area contributed by atoms with Crippen molar-refractivity contribution in [1.82, 2.24) is 0 Å². The fourth-order valence-corrected chi connectivity index (χ4v) is 2.59. The molecule has 0 amide bonds. The third-order valence-corrected chi connectivity index (χ3v) is 3.92. The van der Waals surface area contributed by atoms with E-state index in [9.17, 15) is 0 Å². The molecule has 1 rings (SSSR count). The molecule has 0 aliphatic carbocycles. The van der Waals surface area contributed by atoms with Crippen LogP contribution in [0.2, 0.25) is 5.02 Å². The van der Waals surface area contributed by atoms with Crippen LogP contribution in [-0.4, -0.2) is 15.0 Å². The molecule has 0 spiro atoms. The van der Waals surface area contributed by atoms with Crippen molar-refractivity contribution in [3.63, 3.8) is 0 Å². The van der Waals surface area contributed by atoms with Gasteiger partial charge in [-0.3, -0.25) is 0 Å². The first-order chi connectivity index (χ1) is 6.83. The first-order valence-corrected chi connectivity index (χ1v) is 7.12. The number of hydrogen-bond acceptors (Lipinski definition) is 0. The second-order valence-electron chi connectivity index (χ2n) is 3.09. The van der Waals surface area contributed by atoms with E-state index in [0.717, 1.165) is 5.02 Å². The summed E-state index contributed by atoms with van der Waals surface area (Å²) in [7, 11) is 0. The van der Waals surface area contributed by atoms with E-state index < -0.39 is 0 Å². The number of halogens is 1. The third-order valence-electron chi connectivity index (χ3n) is 1.84. The van der Waals surface area contributed by atoms with Gasteiger partial charge in [-0.1, -0.05) is 0 Å². The number of unbranched alkanes of at least 4 members (excludes halogenated alkanes) is 2. The summed E-state index contributed by atoms with van der Waals surface area (Å²) >= 11 is 6.27. The van der Waals surface area contributed by atoms with Crippen molar-refractivity contribution in [2.45, 2.75) is 26.2 Å². The Bertz CT molecular complexity index is 277. The fourth-order valence-electron chi connectivity index (χ4n) is 1.03. The van der Waals surface area contributed by atoms with Crippen molar-refractivity contribution in [3.8, 4) is 0 Å². The molecular weight excluding hydrogens is 259 g/mol. The van der Waals surface area contributed by atoms with Crippen LogP contribution in [0.4, 0.5) is 0 Å². The molecule has 0 saturated carbocycles. The average Bonchev–Trinajstić information content (AvgIpc) is 2.21. The molecule has 0 saturated heterocycles. The zero-order chi connectivity index (χ0) is 10.2. The molecule has 0 N–H and O–H groups in total. The van der Waals surface area contributed by atoms with Crippen molar-refractivity contribution >= 4 is 31.0 Å². The first kappa shape index (κ1) is 11.8. The summed E-state index contributed by atoms with van der Waals surface area (Å²) in [5, 5.41) is 0.819. The monoisotopic (exact) mass is 274 g/mol. The summed E-state index contributed by atoms with van der Waals surface area (Å²) in [6.07, 6.45) is 6.08. The van der Waals surface area contributed by atoms with Gasteiger partial charge in [0, 0.05) is 0 Å². The van der Waals surface area contributed by atoms with E-state index >= 15 is 0 Å². The maximum atomic E-state index is 5.80. The van der Waals surface area contributed by atoms with Crippen LogP contribution in [0.1, 0.15) is 26.2 Å². The van der Waals surface area contributed by atoms with E-state index in [0.29, 0.717) is 15.0 Å². The van der Waals surface area contributed by atoms with Crippen molar-refractivity contribution in [2.75, 3.05) is 0 Å². The molecule has 1 aromatic rings. The zero-order valence-electron chi connectivity index (χ0n) is 8.37. The Morgan fingerprint density at radius 1 is 1.29 bits per heavy atom. The number of rotatable bonds is 5. The maximum absolute atomic E-state index is 5.80. The molecule has 0 aliphatic heterocycles. The fraction of sp³-hybridized carbons (Fsp3) is 0.333. The summed E-state index contributed by atoms with van der Waals surface area (Å²) in [6, 6.07) is 8.12. The van der Waals surface area contributed by atoms with E-state index in [2.05, 4.69) is 30.1 Å². The molecule has 0 aliphatic rings. The summed E-state index contributed by atoms with van der Waals surface area (Å²) in [6.45, 7) is 2.22. The van der Waals surface area contributed by atoms with Crippen LogP contribution < -0.4 is 4.46 Å². The minimum absolute atomic E-state index is 0.471. The standard InChI is InChI=1S/C12H15ClSe/c1-2-3-4-5-10-14-12-8-6-11(13)7-9-12/h5-10H,2-4H2,1H3/b10-5+. The summed E-state index contributed by atoms with van der Waals surface area (Å²) in [4.78, 5) is 2.30. The van der Waals surface area contributed by atoms with E-state index in [4.69, 9.17) is 11.6 Å². The van der Waals surface area contributed by atoms with Gasteiger partial charge in [0.15, 0.2) is 0 Å². The summed E-state index contributed by atoms with van der Waals surface area (Å²) in [5.41, 5.74) is 0. The van der Waals surface area contributed by atoms with Crippen LogP contribution in [0.5, 0.6) is 0 Å². The van der Waals surface area contributed by atoms with E-state index in [1.54, 1.807) is 0 Å². The molecule has 0 aromatic heterocycles. The first-order valence-electron chi connectivity index (χ1n) is 4.90. The topological polar surface area (TPSA) is 0 Å². The van der Waals surface area contributed by atoms with Crippen LogP contribution in [-0.2, 0) is 0 Å². The van der Waals surface area contributed by atoms with Crippen LogP contribution in [0.3, 0.4) is 0 Å². The van der Waals surface area contributed by atoms with Gasteiger partial charge in [0.25, 0.3) is 0 Å². The van der Waals surface area contributed by atoms with Gasteiger partial charge in [0.2, 0.25) is 0 Å². The molecule has 0 radical (unpaired) electrons. The molecule has 0 nitrogen and oxygen atoms in total. The molecule has 0 heterocycles. The summed E-state index contributed by atoms with van der Waals surface area (Å²) in [5.74, 6) is 0. The molecule has 76 valence electrons. The van der Waals surface area contributed by atoms with Gasteiger partial charge < -0.3 is 0 Å². The van der Waals surface area contributed by atoms with Gasteiger partial charge in [0.1, 0.15) is 0 Å². The molecule has 0 atom stereocenters. The molecule has 0 fully saturated rings. The Kier molecular flexibility index (Phi) is 6.02. The van der Waals surface area contributed by atoms with E-state index in [1.165, 1.54) is 23.7 Å². The van der Waals surface area contributed by atoms with Crippen LogP contribution >= 0.6 is 11.6 Å². The Morgan fingerprint density at radius 2 is 2.00 bits per heavy atom. The Balaban J connectivity index is 2.30. The molecule has 0 bridgehead atoms. The SMILES string of the molecule is CCCC/C=C/[Se]c1ccc(Cl)cc1. The summed E-state index contributed by atoms with van der Waals surface area (Å²) < 4.78 is 1.38. The second kappa shape index (κ2) is 7.11. The molecule has 14 heavy (non-hydrogen) atoms. The third kappa shape index (κ3) is 4.85. The van der Waals surface area contributed by atoms with Crippen molar-refractivity contribution in [2.24, 2.45) is 0 Å². The van der Waals surface area contributed by atoms with Crippen LogP contribution in [0.15, 0.2) is 35.3 Å². The Labute approximate surface area is 97.5 Å². The zero-order valence-corrected chi connectivity index (χ0v) is 10.8. The van der Waals surface area contributed by atoms with Crippen molar-refractivity contribution < 1.29 is 0 Å². The Morgan fingerprint density at radius 3 is 2.64 bits per heavy atom. The predicted molar refractivity (Wildman–Crippen MR) is 65.5 cm³/mol. The van der Waals surface area contributed by atoms with Crippen LogP contribution in [0, 0.1) is 0 Å². The Hall–Kier alpha value is -0.231. The van der Waals surface area contributed by atoms with Gasteiger partial charge in [-0.25, -0.2) is 0 Å². The van der Waals surface area contributed by atoms with Gasteiger partial charge in [0.05, 0.1) is 0 Å². The number of allylic oxidation sites excluding steroid dienone is 1. The normalized spacial score (nSPS) is 11.0. The van der Waals surface area contributed by atoms with Gasteiger partial charge in [-0.05, 0) is 0 Å². The molecule has 0 unspecified atom stereocenters. The van der Waals surface area contributed by atoms with E-state index in [-0.39, 0.29) is 0 Å². The average molecular weight is 274 g/mol. The number of hydrogen-bond donors (Lipinski definition) is 0. The molecule has 1 aromatic carbocycles. The molecule has 2 heteroatoms. The predicted octanol–water partition coefficient (Wildman–Crippen LogP) is 3.37. The second-order valence-corrected chi connectivity index (χ2v) is 5.58.